The van der Waals surface area contributed by atoms with Crippen LogP contribution >= 0.6 is 0 Å². The zero-order valence-corrected chi connectivity index (χ0v) is 19.3. The van der Waals surface area contributed by atoms with Gasteiger partial charge in [-0.25, -0.2) is 0 Å². The van der Waals surface area contributed by atoms with Crippen LogP contribution in [-0.2, 0) is 14.3 Å². The third kappa shape index (κ3) is 6.55. The Morgan fingerprint density at radius 3 is 2.52 bits per heavy atom. The molecule has 1 heterocycles. The highest BCUT2D eigenvalue weighted by atomic mass is 16.5. The van der Waals surface area contributed by atoms with E-state index in [1.165, 1.54) is 6.42 Å². The molecule has 7 heteroatoms. The monoisotopic (exact) mass is 451 g/mol. The summed E-state index contributed by atoms with van der Waals surface area (Å²) >= 11 is 0. The number of hydrogen-bond donors (Lipinski definition) is 2. The first-order valence-electron chi connectivity index (χ1n) is 11.6. The lowest BCUT2D eigenvalue weighted by Crippen LogP contribution is -2.31. The van der Waals surface area contributed by atoms with Gasteiger partial charge in [-0.15, -0.1) is 0 Å². The van der Waals surface area contributed by atoms with E-state index in [0.717, 1.165) is 48.0 Å². The smallest absolute Gasteiger partial charge is 0.262 e. The van der Waals surface area contributed by atoms with Gasteiger partial charge in [0.2, 0.25) is 0 Å². The number of nitrogens with zero attached hydrogens (tertiary/aromatic N) is 2. The molecule has 1 aliphatic rings. The van der Waals surface area contributed by atoms with Crippen molar-refractivity contribution < 1.29 is 19.4 Å². The van der Waals surface area contributed by atoms with Crippen LogP contribution in [0.4, 0.5) is 5.69 Å². The maximum Gasteiger partial charge on any atom is 0.262 e. The van der Waals surface area contributed by atoms with Crippen LogP contribution in [-0.4, -0.2) is 63.7 Å². The van der Waals surface area contributed by atoms with Gasteiger partial charge < -0.3 is 24.8 Å². The molecular weight excluding hydrogens is 418 g/mol. The second-order valence-electron chi connectivity index (χ2n) is 8.05. The first-order chi connectivity index (χ1) is 16.2. The van der Waals surface area contributed by atoms with Gasteiger partial charge in [-0.1, -0.05) is 36.4 Å². The summed E-state index contributed by atoms with van der Waals surface area (Å²) in [5.74, 6) is -0.395. The summed E-state index contributed by atoms with van der Waals surface area (Å²) in [4.78, 5) is 15.2. The molecule has 1 saturated heterocycles. The molecular formula is C26H33N3O4. The second kappa shape index (κ2) is 12.9. The van der Waals surface area contributed by atoms with Crippen molar-refractivity contribution in [2.45, 2.75) is 26.2 Å². The molecule has 176 valence electrons. The number of nitrogens with one attached hydrogen (secondary N) is 1. The zero-order chi connectivity index (χ0) is 23.5. The lowest BCUT2D eigenvalue weighted by Gasteiger charge is -2.32. The lowest BCUT2D eigenvalue weighted by molar-refractivity contribution is -0.117. The van der Waals surface area contributed by atoms with Crippen molar-refractivity contribution in [1.82, 2.24) is 5.32 Å². The Bertz CT molecular complexity index is 1010. The molecule has 2 N–H and O–H groups in total. The molecule has 0 aliphatic carbocycles. The van der Waals surface area contributed by atoms with Crippen molar-refractivity contribution in [3.05, 3.63) is 47.5 Å². The number of hydrogen-bond acceptors (Lipinski definition) is 6. The number of benzene rings is 2. The van der Waals surface area contributed by atoms with Crippen LogP contribution in [0, 0.1) is 11.3 Å². The molecule has 0 atom stereocenters. The third-order valence-electron chi connectivity index (χ3n) is 5.83. The van der Waals surface area contributed by atoms with E-state index in [-0.39, 0.29) is 18.8 Å². The molecule has 3 rings (SSSR count). The number of piperidine rings is 1. The number of carbonyl (C=O) groups excluding carboxylic acids is 1. The molecule has 2 aromatic carbocycles. The molecule has 1 aliphatic heterocycles. The Kier molecular flexibility index (Phi) is 9.70. The largest absolute Gasteiger partial charge is 0.394 e. The number of anilines is 1. The number of fused-ring (bicyclic) bond motifs is 1. The summed E-state index contributed by atoms with van der Waals surface area (Å²) < 4.78 is 10.5. The van der Waals surface area contributed by atoms with Gasteiger partial charge in [0, 0.05) is 30.6 Å². The molecule has 33 heavy (non-hydrogen) atoms. The minimum absolute atomic E-state index is 0.0185. The fourth-order valence-corrected chi connectivity index (χ4v) is 4.17. The van der Waals surface area contributed by atoms with Gasteiger partial charge in [-0.3, -0.25) is 4.79 Å². The van der Waals surface area contributed by atoms with Crippen molar-refractivity contribution in [3.8, 4) is 6.07 Å². The number of carbonyl (C=O) groups is 1. The Morgan fingerprint density at radius 1 is 1.06 bits per heavy atom. The van der Waals surface area contributed by atoms with E-state index in [4.69, 9.17) is 14.6 Å². The number of ether oxygens (including phenoxy) is 2. The molecule has 0 spiro atoms. The highest BCUT2D eigenvalue weighted by Gasteiger charge is 2.21. The Balaban J connectivity index is 1.77. The van der Waals surface area contributed by atoms with E-state index in [1.54, 1.807) is 0 Å². The number of aliphatic hydroxyl groups is 1. The molecule has 0 unspecified atom stereocenters. The molecule has 0 bridgehead atoms. The van der Waals surface area contributed by atoms with Gasteiger partial charge in [-0.05, 0) is 37.1 Å². The highest BCUT2D eigenvalue weighted by molar-refractivity contribution is 6.08. The normalized spacial score (nSPS) is 14.6. The Morgan fingerprint density at radius 2 is 1.79 bits per heavy atom. The van der Waals surface area contributed by atoms with E-state index in [1.807, 2.05) is 25.1 Å². The predicted octanol–water partition coefficient (Wildman–Crippen LogP) is 3.27. The first kappa shape index (κ1) is 24.7. The van der Waals surface area contributed by atoms with Crippen LogP contribution in [0.25, 0.3) is 16.3 Å². The van der Waals surface area contributed by atoms with Crippen molar-refractivity contribution in [3.63, 3.8) is 0 Å². The van der Waals surface area contributed by atoms with Gasteiger partial charge >= 0.3 is 0 Å². The van der Waals surface area contributed by atoms with Gasteiger partial charge in [0.25, 0.3) is 5.91 Å². The van der Waals surface area contributed by atoms with Crippen LogP contribution in [0.5, 0.6) is 0 Å². The summed E-state index contributed by atoms with van der Waals surface area (Å²) in [6, 6.07) is 14.5. The van der Waals surface area contributed by atoms with E-state index < -0.39 is 5.91 Å². The molecule has 0 saturated carbocycles. The summed E-state index contributed by atoms with van der Waals surface area (Å²) in [6.07, 6.45) is 3.51. The molecule has 2 aromatic rings. The Hall–Kier alpha value is -2.92. The van der Waals surface area contributed by atoms with Crippen molar-refractivity contribution in [2.75, 3.05) is 57.6 Å². The highest BCUT2D eigenvalue weighted by Crippen LogP contribution is 2.37. The average Bonchev–Trinajstić information content (AvgIpc) is 2.85. The predicted molar refractivity (Wildman–Crippen MR) is 130 cm³/mol. The number of aliphatic hydroxyl groups excluding tert-OH is 1. The topological polar surface area (TPSA) is 94.8 Å². The van der Waals surface area contributed by atoms with Gasteiger partial charge in [-0.2, -0.15) is 5.26 Å². The average molecular weight is 452 g/mol. The maximum atomic E-state index is 12.8. The fourth-order valence-electron chi connectivity index (χ4n) is 4.17. The summed E-state index contributed by atoms with van der Waals surface area (Å²) in [6.45, 7) is 5.45. The van der Waals surface area contributed by atoms with Crippen molar-refractivity contribution >= 4 is 27.9 Å². The second-order valence-corrected chi connectivity index (χ2v) is 8.05. The first-order valence-corrected chi connectivity index (χ1v) is 11.6. The summed E-state index contributed by atoms with van der Waals surface area (Å²) in [5, 5.41) is 23.6. The maximum absolute atomic E-state index is 12.8. The summed E-state index contributed by atoms with van der Waals surface area (Å²) in [5.41, 5.74) is 2.84. The number of nitriles is 1. The number of allylic oxidation sites excluding steroid dienone is 1. The van der Waals surface area contributed by atoms with E-state index in [9.17, 15) is 10.1 Å². The SMILES string of the molecule is C/C(=C(/C#N)C(=O)NCCOCCOCCO)c1ccc2ccccc2c1N1CCCCC1. The van der Waals surface area contributed by atoms with Crippen molar-refractivity contribution in [2.24, 2.45) is 0 Å². The molecule has 1 fully saturated rings. The van der Waals surface area contributed by atoms with Crippen LogP contribution in [0.1, 0.15) is 31.7 Å². The fraction of sp³-hybridized carbons (Fsp3) is 0.462. The number of rotatable bonds is 11. The van der Waals surface area contributed by atoms with Crippen LogP contribution < -0.4 is 10.2 Å². The molecule has 7 nitrogen and oxygen atoms in total. The number of amides is 1. The lowest BCUT2D eigenvalue weighted by atomic mass is 9.94. The van der Waals surface area contributed by atoms with Crippen LogP contribution in [0.2, 0.25) is 0 Å². The minimum Gasteiger partial charge on any atom is -0.394 e. The molecule has 0 aromatic heterocycles. The minimum atomic E-state index is -0.395. The van der Waals surface area contributed by atoms with Crippen LogP contribution in [0.15, 0.2) is 42.0 Å². The Labute approximate surface area is 195 Å². The van der Waals surface area contributed by atoms with Gasteiger partial charge in [0.05, 0.1) is 38.7 Å². The standard InChI is InChI=1S/C26H33N3O4/c1-20(24(19-27)26(31)28-11-15-32-17-18-33-16-14-30)22-10-9-21-7-3-4-8-23(21)25(22)29-12-5-2-6-13-29/h3-4,7-10,30H,2,5-6,11-18H2,1H3,(H,28,31)/b24-20+. The van der Waals surface area contributed by atoms with E-state index >= 15 is 0 Å². The van der Waals surface area contributed by atoms with E-state index in [0.29, 0.717) is 31.9 Å². The zero-order valence-electron chi connectivity index (χ0n) is 19.3. The van der Waals surface area contributed by atoms with Gasteiger partial charge in [0.15, 0.2) is 0 Å². The van der Waals surface area contributed by atoms with Crippen LogP contribution in [0.3, 0.4) is 0 Å². The van der Waals surface area contributed by atoms with Gasteiger partial charge in [0.1, 0.15) is 11.6 Å². The molecule has 0 radical (unpaired) electrons. The third-order valence-corrected chi connectivity index (χ3v) is 5.83. The van der Waals surface area contributed by atoms with E-state index in [2.05, 4.69) is 34.5 Å². The quantitative estimate of drug-likeness (QED) is 0.309. The molecule has 1 amide bonds. The summed E-state index contributed by atoms with van der Waals surface area (Å²) in [7, 11) is 0. The van der Waals surface area contributed by atoms with Crippen molar-refractivity contribution in [1.29, 1.82) is 5.26 Å².